The molecule has 1 aliphatic heterocycles. The predicted octanol–water partition coefficient (Wildman–Crippen LogP) is 4.95. The van der Waals surface area contributed by atoms with Gasteiger partial charge in [0.15, 0.2) is 0 Å². The number of fused-ring (bicyclic) bond motifs is 1. The third-order valence-corrected chi connectivity index (χ3v) is 4.82. The van der Waals surface area contributed by atoms with E-state index in [1.165, 1.54) is 18.7 Å². The molecule has 0 bridgehead atoms. The van der Waals surface area contributed by atoms with Gasteiger partial charge in [-0.2, -0.15) is 0 Å². The summed E-state index contributed by atoms with van der Waals surface area (Å²) in [6, 6.07) is 13.6. The first-order chi connectivity index (χ1) is 12.2. The Labute approximate surface area is 147 Å². The largest absolute Gasteiger partial charge is 0.381 e. The van der Waals surface area contributed by atoms with Gasteiger partial charge in [-0.1, -0.05) is 24.3 Å². The molecule has 4 rings (SSSR count). The number of aryl methyl sites for hydroxylation is 3. The van der Waals surface area contributed by atoms with Crippen molar-refractivity contribution < 1.29 is 4.39 Å². The standard InChI is InChI=1S/C21H22FN3/c1-15-5-6-16(12-19(15)22)13-23-18-9-7-17(8-10-18)20-14-25-11-3-2-4-21(25)24-20/h5-10,12,14,23H,2-4,11,13H2,1H3. The minimum atomic E-state index is -0.154. The molecule has 3 aromatic rings. The van der Waals surface area contributed by atoms with E-state index >= 15 is 0 Å². The Hall–Kier alpha value is -2.62. The van der Waals surface area contributed by atoms with E-state index in [1.807, 2.05) is 12.1 Å². The maximum Gasteiger partial charge on any atom is 0.126 e. The van der Waals surface area contributed by atoms with Gasteiger partial charge in [0, 0.05) is 37.0 Å². The molecule has 0 unspecified atom stereocenters. The molecule has 0 saturated heterocycles. The summed E-state index contributed by atoms with van der Waals surface area (Å²) in [6.45, 7) is 3.46. The number of aromatic nitrogens is 2. The van der Waals surface area contributed by atoms with Gasteiger partial charge in [-0.15, -0.1) is 0 Å². The highest BCUT2D eigenvalue weighted by Crippen LogP contribution is 2.24. The van der Waals surface area contributed by atoms with Crippen LogP contribution in [-0.2, 0) is 19.5 Å². The summed E-state index contributed by atoms with van der Waals surface area (Å²) in [5.41, 5.74) is 4.82. The summed E-state index contributed by atoms with van der Waals surface area (Å²) < 4.78 is 15.9. The Bertz CT molecular complexity index is 857. The highest BCUT2D eigenvalue weighted by atomic mass is 19.1. The van der Waals surface area contributed by atoms with Crippen LogP contribution < -0.4 is 5.32 Å². The quantitative estimate of drug-likeness (QED) is 0.731. The first kappa shape index (κ1) is 15.9. The van der Waals surface area contributed by atoms with Crippen molar-refractivity contribution in [2.75, 3.05) is 5.32 Å². The van der Waals surface area contributed by atoms with Crippen molar-refractivity contribution in [2.24, 2.45) is 0 Å². The van der Waals surface area contributed by atoms with Gasteiger partial charge in [0.05, 0.1) is 5.69 Å². The molecule has 1 N–H and O–H groups in total. The van der Waals surface area contributed by atoms with Gasteiger partial charge < -0.3 is 9.88 Å². The molecule has 4 heteroatoms. The lowest BCUT2D eigenvalue weighted by molar-refractivity contribution is 0.522. The summed E-state index contributed by atoms with van der Waals surface area (Å²) in [5, 5.41) is 3.34. The van der Waals surface area contributed by atoms with Crippen molar-refractivity contribution in [3.05, 3.63) is 71.4 Å². The van der Waals surface area contributed by atoms with Crippen LogP contribution in [0.5, 0.6) is 0 Å². The van der Waals surface area contributed by atoms with E-state index < -0.39 is 0 Å². The fourth-order valence-corrected chi connectivity index (χ4v) is 3.26. The van der Waals surface area contributed by atoms with Gasteiger partial charge in [-0.25, -0.2) is 9.37 Å². The third kappa shape index (κ3) is 3.43. The van der Waals surface area contributed by atoms with Gasteiger partial charge in [-0.05, 0) is 49.1 Å². The normalized spacial score (nSPS) is 13.5. The summed E-state index contributed by atoms with van der Waals surface area (Å²) in [5.74, 6) is 1.04. The van der Waals surface area contributed by atoms with E-state index in [-0.39, 0.29) is 5.82 Å². The fraction of sp³-hybridized carbons (Fsp3) is 0.286. The molecule has 2 aromatic carbocycles. The second-order valence-corrected chi connectivity index (χ2v) is 6.71. The zero-order chi connectivity index (χ0) is 17.2. The Morgan fingerprint density at radius 2 is 1.96 bits per heavy atom. The molecule has 128 valence electrons. The van der Waals surface area contributed by atoms with E-state index in [4.69, 9.17) is 4.98 Å². The molecule has 1 aromatic heterocycles. The van der Waals surface area contributed by atoms with Crippen LogP contribution in [0, 0.1) is 12.7 Å². The number of hydrogen-bond acceptors (Lipinski definition) is 2. The second kappa shape index (κ2) is 6.71. The number of imidazole rings is 1. The highest BCUT2D eigenvalue weighted by molar-refractivity contribution is 5.62. The molecule has 0 spiro atoms. The molecule has 0 saturated carbocycles. The number of anilines is 1. The minimum absolute atomic E-state index is 0.154. The van der Waals surface area contributed by atoms with Crippen molar-refractivity contribution in [1.82, 2.24) is 9.55 Å². The Morgan fingerprint density at radius 3 is 2.72 bits per heavy atom. The molecule has 0 radical (unpaired) electrons. The van der Waals surface area contributed by atoms with E-state index in [0.29, 0.717) is 12.1 Å². The highest BCUT2D eigenvalue weighted by Gasteiger charge is 2.13. The topological polar surface area (TPSA) is 29.9 Å². The lowest BCUT2D eigenvalue weighted by Gasteiger charge is -2.11. The molecule has 1 aliphatic rings. The van der Waals surface area contributed by atoms with Crippen LogP contribution in [-0.4, -0.2) is 9.55 Å². The summed E-state index contributed by atoms with van der Waals surface area (Å²) in [6.07, 6.45) is 5.71. The predicted molar refractivity (Wildman–Crippen MR) is 99.1 cm³/mol. The number of nitrogens with zero attached hydrogens (tertiary/aromatic N) is 2. The van der Waals surface area contributed by atoms with Crippen LogP contribution in [0.4, 0.5) is 10.1 Å². The lowest BCUT2D eigenvalue weighted by Crippen LogP contribution is -2.08. The average molecular weight is 335 g/mol. The Morgan fingerprint density at radius 1 is 1.12 bits per heavy atom. The monoisotopic (exact) mass is 335 g/mol. The second-order valence-electron chi connectivity index (χ2n) is 6.71. The molecule has 0 amide bonds. The van der Waals surface area contributed by atoms with E-state index in [2.05, 4.69) is 40.3 Å². The number of halogens is 1. The Balaban J connectivity index is 1.44. The first-order valence-corrected chi connectivity index (χ1v) is 8.84. The molecule has 2 heterocycles. The molecule has 0 fully saturated rings. The van der Waals surface area contributed by atoms with Gasteiger partial charge >= 0.3 is 0 Å². The molecule has 0 aliphatic carbocycles. The van der Waals surface area contributed by atoms with Crippen LogP contribution in [0.1, 0.15) is 29.8 Å². The summed E-state index contributed by atoms with van der Waals surface area (Å²) in [4.78, 5) is 4.76. The van der Waals surface area contributed by atoms with Crippen molar-refractivity contribution in [3.8, 4) is 11.3 Å². The SMILES string of the molecule is Cc1ccc(CNc2ccc(-c3cn4c(n3)CCCC4)cc2)cc1F. The van der Waals surface area contributed by atoms with Gasteiger partial charge in [0.25, 0.3) is 0 Å². The fourth-order valence-electron chi connectivity index (χ4n) is 3.26. The first-order valence-electron chi connectivity index (χ1n) is 8.84. The smallest absolute Gasteiger partial charge is 0.126 e. The van der Waals surface area contributed by atoms with Gasteiger partial charge in [0.2, 0.25) is 0 Å². The number of rotatable bonds is 4. The minimum Gasteiger partial charge on any atom is -0.381 e. The molecule has 25 heavy (non-hydrogen) atoms. The van der Waals surface area contributed by atoms with E-state index in [0.717, 1.165) is 35.5 Å². The third-order valence-electron chi connectivity index (χ3n) is 4.82. The van der Waals surface area contributed by atoms with Crippen LogP contribution in [0.15, 0.2) is 48.7 Å². The average Bonchev–Trinajstić information content (AvgIpc) is 3.07. The van der Waals surface area contributed by atoms with Crippen LogP contribution >= 0.6 is 0 Å². The summed E-state index contributed by atoms with van der Waals surface area (Å²) >= 11 is 0. The lowest BCUT2D eigenvalue weighted by atomic mass is 10.1. The maximum absolute atomic E-state index is 13.6. The van der Waals surface area contributed by atoms with Crippen LogP contribution in [0.3, 0.4) is 0 Å². The van der Waals surface area contributed by atoms with Crippen molar-refractivity contribution >= 4 is 5.69 Å². The van der Waals surface area contributed by atoms with E-state index in [9.17, 15) is 4.39 Å². The number of benzene rings is 2. The van der Waals surface area contributed by atoms with Crippen LogP contribution in [0.2, 0.25) is 0 Å². The van der Waals surface area contributed by atoms with Crippen LogP contribution in [0.25, 0.3) is 11.3 Å². The van der Waals surface area contributed by atoms with Crippen molar-refractivity contribution in [1.29, 1.82) is 0 Å². The molecule has 0 atom stereocenters. The van der Waals surface area contributed by atoms with Gasteiger partial charge in [-0.3, -0.25) is 0 Å². The van der Waals surface area contributed by atoms with Crippen molar-refractivity contribution in [2.45, 2.75) is 39.3 Å². The number of nitrogens with one attached hydrogen (secondary N) is 1. The Kier molecular flexibility index (Phi) is 4.26. The zero-order valence-corrected chi connectivity index (χ0v) is 14.4. The number of hydrogen-bond donors (Lipinski definition) is 1. The zero-order valence-electron chi connectivity index (χ0n) is 14.4. The molecular formula is C21H22FN3. The van der Waals surface area contributed by atoms with E-state index in [1.54, 1.807) is 13.0 Å². The maximum atomic E-state index is 13.6. The molecule has 3 nitrogen and oxygen atoms in total. The van der Waals surface area contributed by atoms with Gasteiger partial charge in [0.1, 0.15) is 11.6 Å². The van der Waals surface area contributed by atoms with Crippen molar-refractivity contribution in [3.63, 3.8) is 0 Å². The summed E-state index contributed by atoms with van der Waals surface area (Å²) in [7, 11) is 0. The molecular weight excluding hydrogens is 313 g/mol.